The molecule has 4 amide bonds. The molecule has 3 aliphatic rings. The molecule has 2 heterocycles. The van der Waals surface area contributed by atoms with Crippen LogP contribution in [0.15, 0.2) is 108 Å². The van der Waals surface area contributed by atoms with E-state index in [0.29, 0.717) is 5.92 Å². The molecule has 0 radical (unpaired) electrons. The Morgan fingerprint density at radius 3 is 1.96 bits per heavy atom. The third-order valence-electron chi connectivity index (χ3n) is 9.11. The van der Waals surface area contributed by atoms with E-state index in [1.807, 2.05) is 13.8 Å². The third-order valence-corrected chi connectivity index (χ3v) is 9.11. The van der Waals surface area contributed by atoms with Crippen LogP contribution in [0.1, 0.15) is 133 Å². The predicted octanol–water partition coefficient (Wildman–Crippen LogP) is 9.74. The van der Waals surface area contributed by atoms with Crippen molar-refractivity contribution >= 4 is 29.4 Å². The number of amides is 4. The Labute approximate surface area is 303 Å². The maximum Gasteiger partial charge on any atom is 0.261 e. The van der Waals surface area contributed by atoms with Crippen molar-refractivity contribution in [3.05, 3.63) is 141 Å². The number of carbonyl (C=O) groups excluding carboxylic acids is 5. The molecule has 2 aliphatic heterocycles. The molecule has 0 spiro atoms. The molecule has 5 rings (SSSR count). The Bertz CT molecular complexity index is 1880. The molecule has 0 N–H and O–H groups in total. The van der Waals surface area contributed by atoms with Gasteiger partial charge in [-0.3, -0.25) is 33.8 Å². The number of hydrogen-bond acceptors (Lipinski definition) is 5. The van der Waals surface area contributed by atoms with Gasteiger partial charge in [-0.2, -0.15) is 0 Å². The highest BCUT2D eigenvalue weighted by Gasteiger charge is 2.36. The maximum atomic E-state index is 12.8. The van der Waals surface area contributed by atoms with E-state index in [9.17, 15) is 24.0 Å². The minimum atomic E-state index is -0.460. The second-order valence-electron chi connectivity index (χ2n) is 13.2. The molecule has 2 aromatic carbocycles. The van der Waals surface area contributed by atoms with Gasteiger partial charge in [-0.1, -0.05) is 107 Å². The number of imide groups is 2. The van der Waals surface area contributed by atoms with Gasteiger partial charge in [0.1, 0.15) is 0 Å². The lowest BCUT2D eigenvalue weighted by Gasteiger charge is -2.35. The summed E-state index contributed by atoms with van der Waals surface area (Å²) in [5.74, 6) is -1.42. The Balaban J connectivity index is 0.000000269. The van der Waals surface area contributed by atoms with Gasteiger partial charge in [-0.25, -0.2) is 0 Å². The lowest BCUT2D eigenvalue weighted by Crippen LogP contribution is -2.29. The van der Waals surface area contributed by atoms with E-state index in [2.05, 4.69) is 96.2 Å². The fourth-order valence-electron chi connectivity index (χ4n) is 6.54. The van der Waals surface area contributed by atoms with Crippen molar-refractivity contribution < 1.29 is 24.0 Å². The van der Waals surface area contributed by atoms with Gasteiger partial charge in [0.25, 0.3) is 23.6 Å². The quantitative estimate of drug-likeness (QED) is 0.149. The van der Waals surface area contributed by atoms with Crippen LogP contribution in [0.25, 0.3) is 0 Å². The fourth-order valence-corrected chi connectivity index (χ4v) is 6.54. The molecular weight excluding hydrogens is 636 g/mol. The minimum absolute atomic E-state index is 0.0507. The zero-order valence-electron chi connectivity index (χ0n) is 31.8. The number of benzene rings is 2. The molecule has 0 aromatic heterocycles. The first-order chi connectivity index (χ1) is 24.3. The number of allylic oxidation sites excluding steroid dienone is 12. The summed E-state index contributed by atoms with van der Waals surface area (Å²) >= 11 is 0. The summed E-state index contributed by atoms with van der Waals surface area (Å²) in [6.07, 6.45) is 22.3. The van der Waals surface area contributed by atoms with Crippen molar-refractivity contribution in [3.8, 4) is 0 Å². The Kier molecular flexibility index (Phi) is 13.9. The standard InChI is InChI=1S/C22H32.C20H14N2O5.C2H6/c1-7-9-13-20(11-8-2)22(6,17-18(3)4)21-14-10-12-19(5)15-16-21;1-3-22-19(26)13-7-5-11(9-15(13)20(22)27)16(23)10-4-6-12-14(8-10)18(25)21(2)17(12)24;1-2/h7-14,16,18H,15,17H2,1-6H3;4-9H,3H2,1-2H3;1-2H3/b9-7+,11-8-,20-13+;;. The van der Waals surface area contributed by atoms with Gasteiger partial charge in [-0.15, -0.1) is 0 Å². The molecule has 0 saturated carbocycles. The predicted molar refractivity (Wildman–Crippen MR) is 206 cm³/mol. The monoisotopic (exact) mass is 688 g/mol. The number of carbonyl (C=O) groups is 5. The molecule has 2 aromatic rings. The number of rotatable bonds is 9. The van der Waals surface area contributed by atoms with Gasteiger partial charge < -0.3 is 0 Å². The number of fused-ring (bicyclic) bond motifs is 2. The average molecular weight is 689 g/mol. The third kappa shape index (κ3) is 8.59. The Morgan fingerprint density at radius 1 is 0.863 bits per heavy atom. The topological polar surface area (TPSA) is 91.8 Å². The lowest BCUT2D eigenvalue weighted by atomic mass is 9.69. The average Bonchev–Trinajstić information content (AvgIpc) is 3.35. The van der Waals surface area contributed by atoms with Crippen LogP contribution < -0.4 is 0 Å². The first-order valence-corrected chi connectivity index (χ1v) is 17.8. The van der Waals surface area contributed by atoms with Crippen molar-refractivity contribution in [2.24, 2.45) is 11.3 Å². The van der Waals surface area contributed by atoms with Gasteiger partial charge in [0.15, 0.2) is 5.78 Å². The van der Waals surface area contributed by atoms with Crippen molar-refractivity contribution in [1.29, 1.82) is 0 Å². The highest BCUT2D eigenvalue weighted by molar-refractivity contribution is 6.24. The van der Waals surface area contributed by atoms with E-state index in [4.69, 9.17) is 0 Å². The Morgan fingerprint density at radius 2 is 1.41 bits per heavy atom. The fraction of sp³-hybridized carbons (Fsp3) is 0.341. The number of ketones is 1. The van der Waals surface area contributed by atoms with E-state index < -0.39 is 23.5 Å². The number of nitrogens with zero attached hydrogens (tertiary/aromatic N) is 2. The molecule has 1 atom stereocenters. The first-order valence-electron chi connectivity index (χ1n) is 17.8. The van der Waals surface area contributed by atoms with E-state index in [-0.39, 0.29) is 51.2 Å². The SMILES string of the molecule is CC.CCN1C(=O)c2ccc(C(=O)c3ccc4c(c3)C(=O)N(C)C4=O)cc2C1=O.C\C=C/C(=C\C=C\C)C(C)(CC(C)C)C1=CCC(C)=CC=C1. The van der Waals surface area contributed by atoms with Crippen LogP contribution in [0.2, 0.25) is 0 Å². The Hall–Kier alpha value is -5.17. The zero-order chi connectivity index (χ0) is 38.0. The van der Waals surface area contributed by atoms with Crippen LogP contribution in [0, 0.1) is 11.3 Å². The van der Waals surface area contributed by atoms with Crippen LogP contribution in [-0.2, 0) is 0 Å². The molecule has 1 aliphatic carbocycles. The van der Waals surface area contributed by atoms with Crippen LogP contribution in [0.3, 0.4) is 0 Å². The molecule has 0 bridgehead atoms. The van der Waals surface area contributed by atoms with E-state index in [1.54, 1.807) is 6.92 Å². The van der Waals surface area contributed by atoms with Crippen LogP contribution in [-0.4, -0.2) is 52.8 Å². The normalized spacial score (nSPS) is 16.7. The summed E-state index contributed by atoms with van der Waals surface area (Å²) in [5.41, 5.74) is 5.66. The summed E-state index contributed by atoms with van der Waals surface area (Å²) in [6.45, 7) is 19.3. The lowest BCUT2D eigenvalue weighted by molar-refractivity contribution is 0.0656. The van der Waals surface area contributed by atoms with Gasteiger partial charge in [0, 0.05) is 30.1 Å². The summed E-state index contributed by atoms with van der Waals surface area (Å²) in [7, 11) is 1.38. The minimum Gasteiger partial charge on any atom is -0.289 e. The smallest absolute Gasteiger partial charge is 0.261 e. The second kappa shape index (κ2) is 17.7. The van der Waals surface area contributed by atoms with E-state index >= 15 is 0 Å². The molecule has 0 saturated heterocycles. The molecule has 51 heavy (non-hydrogen) atoms. The maximum absolute atomic E-state index is 12.8. The molecular formula is C44H52N2O5. The van der Waals surface area contributed by atoms with Crippen molar-refractivity contribution in [2.75, 3.05) is 13.6 Å². The highest BCUT2D eigenvalue weighted by atomic mass is 16.2. The summed E-state index contributed by atoms with van der Waals surface area (Å²) in [6, 6.07) is 8.67. The largest absolute Gasteiger partial charge is 0.289 e. The van der Waals surface area contributed by atoms with Gasteiger partial charge in [-0.05, 0) is 81.9 Å². The number of hydrogen-bond donors (Lipinski definition) is 0. The van der Waals surface area contributed by atoms with Crippen molar-refractivity contribution in [1.82, 2.24) is 9.80 Å². The van der Waals surface area contributed by atoms with Crippen molar-refractivity contribution in [2.45, 2.75) is 75.2 Å². The van der Waals surface area contributed by atoms with E-state index in [0.717, 1.165) is 22.6 Å². The molecule has 7 heteroatoms. The van der Waals surface area contributed by atoms with Gasteiger partial charge in [0.05, 0.1) is 22.3 Å². The highest BCUT2D eigenvalue weighted by Crippen LogP contribution is 2.43. The zero-order valence-corrected chi connectivity index (χ0v) is 31.8. The molecule has 268 valence electrons. The van der Waals surface area contributed by atoms with E-state index in [1.165, 1.54) is 60.2 Å². The summed E-state index contributed by atoms with van der Waals surface area (Å²) < 4.78 is 0. The molecule has 0 fully saturated rings. The van der Waals surface area contributed by atoms with Crippen molar-refractivity contribution in [3.63, 3.8) is 0 Å². The molecule has 1 unspecified atom stereocenters. The molecule has 7 nitrogen and oxygen atoms in total. The van der Waals surface area contributed by atoms with Gasteiger partial charge in [0.2, 0.25) is 0 Å². The summed E-state index contributed by atoms with van der Waals surface area (Å²) in [5, 5.41) is 0. The van der Waals surface area contributed by atoms with Crippen LogP contribution in [0.4, 0.5) is 0 Å². The summed E-state index contributed by atoms with van der Waals surface area (Å²) in [4.78, 5) is 63.5. The second-order valence-corrected chi connectivity index (χ2v) is 13.2. The van der Waals surface area contributed by atoms with Crippen LogP contribution >= 0.6 is 0 Å². The van der Waals surface area contributed by atoms with Crippen LogP contribution in [0.5, 0.6) is 0 Å². The first kappa shape index (κ1) is 40.3. The van der Waals surface area contributed by atoms with Gasteiger partial charge >= 0.3 is 0 Å².